The van der Waals surface area contributed by atoms with E-state index in [0.717, 1.165) is 0 Å². The topological polar surface area (TPSA) is 61.0 Å². The molecule has 88 valence electrons. The third-order valence-electron chi connectivity index (χ3n) is 2.00. The van der Waals surface area contributed by atoms with E-state index in [1.54, 1.807) is 12.1 Å². The zero-order chi connectivity index (χ0) is 12.3. The maximum atomic E-state index is 13.2. The second-order valence-electron chi connectivity index (χ2n) is 3.23. The Kier molecular flexibility index (Phi) is 3.65. The van der Waals surface area contributed by atoms with Crippen molar-refractivity contribution in [2.24, 2.45) is 5.73 Å². The molecule has 0 saturated carbocycles. The lowest BCUT2D eigenvalue weighted by atomic mass is 10.3. The molecule has 0 amide bonds. The van der Waals surface area contributed by atoms with Gasteiger partial charge in [-0.2, -0.15) is 0 Å². The van der Waals surface area contributed by atoms with Crippen molar-refractivity contribution < 1.29 is 9.13 Å². The summed E-state index contributed by atoms with van der Waals surface area (Å²) in [7, 11) is 0. The Hall–Kier alpha value is -1.53. The fraction of sp³-hybridized carbons (Fsp3) is 0.0909. The van der Waals surface area contributed by atoms with Gasteiger partial charge in [0.1, 0.15) is 11.6 Å². The Morgan fingerprint density at radius 2 is 2.12 bits per heavy atom. The molecule has 0 aliphatic rings. The van der Waals surface area contributed by atoms with Crippen molar-refractivity contribution in [2.75, 3.05) is 0 Å². The number of nitrogens with two attached hydrogens (primary N) is 1. The van der Waals surface area contributed by atoms with E-state index in [4.69, 9.17) is 10.5 Å². The minimum atomic E-state index is -0.394. The summed E-state index contributed by atoms with van der Waals surface area (Å²) >= 11 is 3.06. The van der Waals surface area contributed by atoms with Gasteiger partial charge >= 0.3 is 0 Å². The average Bonchev–Trinajstić information content (AvgIpc) is 2.35. The molecule has 2 aromatic rings. The predicted molar refractivity (Wildman–Crippen MR) is 64.1 cm³/mol. The lowest BCUT2D eigenvalue weighted by Gasteiger charge is -2.05. The van der Waals surface area contributed by atoms with Crippen LogP contribution in [0.5, 0.6) is 11.6 Å². The number of hydrogen-bond donors (Lipinski definition) is 1. The van der Waals surface area contributed by atoms with Crippen LogP contribution in [0.15, 0.2) is 35.1 Å². The van der Waals surface area contributed by atoms with E-state index < -0.39 is 5.82 Å². The molecule has 1 aromatic heterocycles. The summed E-state index contributed by atoms with van der Waals surface area (Å²) in [4.78, 5) is 8.02. The first-order chi connectivity index (χ1) is 8.19. The molecule has 0 atom stereocenters. The van der Waals surface area contributed by atoms with Crippen LogP contribution in [0, 0.1) is 5.82 Å². The van der Waals surface area contributed by atoms with Crippen molar-refractivity contribution in [1.29, 1.82) is 0 Å². The van der Waals surface area contributed by atoms with Crippen molar-refractivity contribution in [1.82, 2.24) is 9.97 Å². The molecule has 0 aliphatic heterocycles. The molecule has 0 radical (unpaired) electrons. The minimum absolute atomic E-state index is 0.295. The van der Waals surface area contributed by atoms with Crippen LogP contribution in [0.3, 0.4) is 0 Å². The maximum absolute atomic E-state index is 13.2. The van der Waals surface area contributed by atoms with Gasteiger partial charge in [0.15, 0.2) is 0 Å². The van der Waals surface area contributed by atoms with Gasteiger partial charge in [-0.1, -0.05) is 0 Å². The molecule has 0 unspecified atom stereocenters. The number of nitrogens with zero attached hydrogens (tertiary/aromatic N) is 2. The molecule has 4 nitrogen and oxygen atoms in total. The summed E-state index contributed by atoms with van der Waals surface area (Å²) < 4.78 is 18.9. The predicted octanol–water partition coefficient (Wildman–Crippen LogP) is 2.63. The number of benzene rings is 1. The van der Waals surface area contributed by atoms with E-state index in [-0.39, 0.29) is 0 Å². The minimum Gasteiger partial charge on any atom is -0.437 e. The van der Waals surface area contributed by atoms with Gasteiger partial charge in [0.05, 0.1) is 22.6 Å². The van der Waals surface area contributed by atoms with Crippen molar-refractivity contribution in [3.8, 4) is 11.6 Å². The Bertz CT molecular complexity index is 519. The number of ether oxygens (including phenoxy) is 1. The standard InChI is InChI=1S/C11H9BrFN3O/c12-9-2-1-8(3-10(9)13)17-11-6-15-7(4-14)5-16-11/h1-3,5-6H,4,14H2. The highest BCUT2D eigenvalue weighted by Gasteiger charge is 2.04. The molecule has 2 rings (SSSR count). The highest BCUT2D eigenvalue weighted by Crippen LogP contribution is 2.24. The highest BCUT2D eigenvalue weighted by molar-refractivity contribution is 9.10. The smallest absolute Gasteiger partial charge is 0.237 e. The van der Waals surface area contributed by atoms with E-state index in [2.05, 4.69) is 25.9 Å². The van der Waals surface area contributed by atoms with Crippen LogP contribution in [0.25, 0.3) is 0 Å². The van der Waals surface area contributed by atoms with Crippen LogP contribution in [0.1, 0.15) is 5.69 Å². The molecule has 0 bridgehead atoms. The van der Waals surface area contributed by atoms with E-state index in [0.29, 0.717) is 28.3 Å². The first-order valence-electron chi connectivity index (χ1n) is 4.83. The quantitative estimate of drug-likeness (QED) is 0.946. The van der Waals surface area contributed by atoms with Gasteiger partial charge in [0.2, 0.25) is 5.88 Å². The van der Waals surface area contributed by atoms with E-state index >= 15 is 0 Å². The van der Waals surface area contributed by atoms with Crippen molar-refractivity contribution in [3.05, 3.63) is 46.6 Å². The van der Waals surface area contributed by atoms with Gasteiger partial charge in [-0.15, -0.1) is 0 Å². The van der Waals surface area contributed by atoms with Crippen LogP contribution in [0.4, 0.5) is 4.39 Å². The molecule has 1 heterocycles. The Morgan fingerprint density at radius 3 is 2.71 bits per heavy atom. The summed E-state index contributed by atoms with van der Waals surface area (Å²) in [5.74, 6) is 0.262. The molecule has 0 aliphatic carbocycles. The third kappa shape index (κ3) is 2.98. The number of aromatic nitrogens is 2. The monoisotopic (exact) mass is 297 g/mol. The lowest BCUT2D eigenvalue weighted by Crippen LogP contribution is -2.00. The number of rotatable bonds is 3. The van der Waals surface area contributed by atoms with E-state index in [9.17, 15) is 4.39 Å². The molecule has 0 saturated heterocycles. The first kappa shape index (κ1) is 11.9. The van der Waals surface area contributed by atoms with Gasteiger partial charge in [0.25, 0.3) is 0 Å². The van der Waals surface area contributed by atoms with E-state index in [1.165, 1.54) is 18.5 Å². The molecular weight excluding hydrogens is 289 g/mol. The van der Waals surface area contributed by atoms with Gasteiger partial charge in [-0.3, -0.25) is 4.98 Å². The van der Waals surface area contributed by atoms with Crippen molar-refractivity contribution >= 4 is 15.9 Å². The van der Waals surface area contributed by atoms with Crippen LogP contribution in [0.2, 0.25) is 0 Å². The van der Waals surface area contributed by atoms with Crippen LogP contribution in [-0.2, 0) is 6.54 Å². The Labute approximate surface area is 106 Å². The molecule has 0 spiro atoms. The summed E-state index contributed by atoms with van der Waals surface area (Å²) in [6.45, 7) is 0.320. The lowest BCUT2D eigenvalue weighted by molar-refractivity contribution is 0.454. The number of halogens is 2. The maximum Gasteiger partial charge on any atom is 0.237 e. The van der Waals surface area contributed by atoms with Gasteiger partial charge < -0.3 is 10.5 Å². The molecule has 6 heteroatoms. The van der Waals surface area contributed by atoms with Gasteiger partial charge in [-0.05, 0) is 28.1 Å². The normalized spacial score (nSPS) is 10.3. The van der Waals surface area contributed by atoms with Crippen molar-refractivity contribution in [2.45, 2.75) is 6.54 Å². The fourth-order valence-corrected chi connectivity index (χ4v) is 1.41. The molecule has 2 N–H and O–H groups in total. The SMILES string of the molecule is NCc1cnc(Oc2ccc(Br)c(F)c2)cn1. The fourth-order valence-electron chi connectivity index (χ4n) is 1.16. The highest BCUT2D eigenvalue weighted by atomic mass is 79.9. The van der Waals surface area contributed by atoms with E-state index in [1.807, 2.05) is 0 Å². The second kappa shape index (κ2) is 5.20. The molecular formula is C11H9BrFN3O. The Morgan fingerprint density at radius 1 is 1.29 bits per heavy atom. The molecule has 1 aromatic carbocycles. The first-order valence-corrected chi connectivity index (χ1v) is 5.62. The molecule has 17 heavy (non-hydrogen) atoms. The molecule has 0 fully saturated rings. The van der Waals surface area contributed by atoms with Gasteiger partial charge in [-0.25, -0.2) is 9.37 Å². The van der Waals surface area contributed by atoms with Crippen molar-refractivity contribution in [3.63, 3.8) is 0 Å². The van der Waals surface area contributed by atoms with Crippen LogP contribution >= 0.6 is 15.9 Å². The Balaban J connectivity index is 2.16. The average molecular weight is 298 g/mol. The van der Waals surface area contributed by atoms with Gasteiger partial charge in [0, 0.05) is 12.6 Å². The zero-order valence-corrected chi connectivity index (χ0v) is 10.3. The van der Waals surface area contributed by atoms with Crippen LogP contribution in [-0.4, -0.2) is 9.97 Å². The summed E-state index contributed by atoms with van der Waals surface area (Å²) in [5, 5.41) is 0. The summed E-state index contributed by atoms with van der Waals surface area (Å²) in [6, 6.07) is 4.46. The second-order valence-corrected chi connectivity index (χ2v) is 4.08. The number of hydrogen-bond acceptors (Lipinski definition) is 4. The largest absolute Gasteiger partial charge is 0.437 e. The summed E-state index contributed by atoms with van der Waals surface area (Å²) in [5.41, 5.74) is 6.06. The zero-order valence-electron chi connectivity index (χ0n) is 8.73. The summed E-state index contributed by atoms with van der Waals surface area (Å²) in [6.07, 6.45) is 2.96. The third-order valence-corrected chi connectivity index (χ3v) is 2.65. The van der Waals surface area contributed by atoms with Crippen LogP contribution < -0.4 is 10.5 Å².